The van der Waals surface area contributed by atoms with Gasteiger partial charge in [-0.1, -0.05) is 17.8 Å². The standard InChI is InChI=1S/C9H14ClN3OS/c1-2-7(3-4-10)5-11-9(14)8-6-12-13-15-8/h6-7H,2-5H2,1H3,(H,11,14). The molecule has 15 heavy (non-hydrogen) atoms. The highest BCUT2D eigenvalue weighted by Crippen LogP contribution is 2.08. The van der Waals surface area contributed by atoms with Crippen LogP contribution in [-0.4, -0.2) is 27.9 Å². The summed E-state index contributed by atoms with van der Waals surface area (Å²) in [6.07, 6.45) is 3.43. The number of nitrogens with zero attached hydrogens (tertiary/aromatic N) is 2. The van der Waals surface area contributed by atoms with Gasteiger partial charge in [0, 0.05) is 12.4 Å². The van der Waals surface area contributed by atoms with Crippen molar-refractivity contribution in [3.05, 3.63) is 11.1 Å². The molecule has 0 saturated heterocycles. The summed E-state index contributed by atoms with van der Waals surface area (Å²) in [5, 5.41) is 6.47. The molecule has 1 N–H and O–H groups in total. The van der Waals surface area contributed by atoms with Gasteiger partial charge in [-0.25, -0.2) is 0 Å². The van der Waals surface area contributed by atoms with E-state index in [1.165, 1.54) is 6.20 Å². The number of hydrogen-bond acceptors (Lipinski definition) is 4. The van der Waals surface area contributed by atoms with E-state index in [-0.39, 0.29) is 5.91 Å². The van der Waals surface area contributed by atoms with Gasteiger partial charge < -0.3 is 5.32 Å². The molecule has 0 aliphatic carbocycles. The Balaban J connectivity index is 2.33. The number of carbonyl (C=O) groups excluding carboxylic acids is 1. The van der Waals surface area contributed by atoms with Crippen molar-refractivity contribution in [3.8, 4) is 0 Å². The van der Waals surface area contributed by atoms with Crippen LogP contribution < -0.4 is 5.32 Å². The SMILES string of the molecule is CCC(CCCl)CNC(=O)c1cnns1. The molecule has 0 aliphatic rings. The number of halogens is 1. The van der Waals surface area contributed by atoms with Crippen molar-refractivity contribution in [3.63, 3.8) is 0 Å². The number of aromatic nitrogens is 2. The Bertz CT molecular complexity index is 292. The molecule has 1 unspecified atom stereocenters. The highest BCUT2D eigenvalue weighted by Gasteiger charge is 2.11. The number of alkyl halides is 1. The lowest BCUT2D eigenvalue weighted by Crippen LogP contribution is -2.28. The molecule has 1 heterocycles. The van der Waals surface area contributed by atoms with E-state index in [1.54, 1.807) is 0 Å². The Morgan fingerprint density at radius 1 is 1.73 bits per heavy atom. The minimum absolute atomic E-state index is 0.0991. The van der Waals surface area contributed by atoms with Crippen LogP contribution in [0.25, 0.3) is 0 Å². The highest BCUT2D eigenvalue weighted by atomic mass is 35.5. The van der Waals surface area contributed by atoms with Crippen LogP contribution in [0.1, 0.15) is 29.4 Å². The summed E-state index contributed by atoms with van der Waals surface area (Å²) < 4.78 is 3.64. The zero-order valence-electron chi connectivity index (χ0n) is 8.57. The molecule has 0 aliphatic heterocycles. The average molecular weight is 248 g/mol. The molecular formula is C9H14ClN3OS. The predicted molar refractivity (Wildman–Crippen MR) is 61.4 cm³/mol. The molecule has 6 heteroatoms. The summed E-state index contributed by atoms with van der Waals surface area (Å²) in [7, 11) is 0. The van der Waals surface area contributed by atoms with Crippen LogP contribution in [0.3, 0.4) is 0 Å². The van der Waals surface area contributed by atoms with E-state index in [4.69, 9.17) is 11.6 Å². The van der Waals surface area contributed by atoms with E-state index in [1.807, 2.05) is 0 Å². The topological polar surface area (TPSA) is 54.9 Å². The van der Waals surface area contributed by atoms with Crippen molar-refractivity contribution in [2.24, 2.45) is 5.92 Å². The first kappa shape index (κ1) is 12.4. The van der Waals surface area contributed by atoms with Gasteiger partial charge in [0.05, 0.1) is 6.20 Å². The van der Waals surface area contributed by atoms with Crippen molar-refractivity contribution in [1.82, 2.24) is 14.9 Å². The lowest BCUT2D eigenvalue weighted by Gasteiger charge is -2.13. The molecule has 0 spiro atoms. The van der Waals surface area contributed by atoms with Gasteiger partial charge in [0.2, 0.25) is 0 Å². The third kappa shape index (κ3) is 4.13. The minimum atomic E-state index is -0.0991. The summed E-state index contributed by atoms with van der Waals surface area (Å²) >= 11 is 6.76. The third-order valence-corrected chi connectivity index (χ3v) is 3.11. The molecule has 0 bridgehead atoms. The maximum Gasteiger partial charge on any atom is 0.264 e. The minimum Gasteiger partial charge on any atom is -0.351 e. The molecule has 1 amide bonds. The van der Waals surface area contributed by atoms with Crippen molar-refractivity contribution in [2.75, 3.05) is 12.4 Å². The highest BCUT2D eigenvalue weighted by molar-refractivity contribution is 7.07. The zero-order chi connectivity index (χ0) is 11.1. The van der Waals surface area contributed by atoms with E-state index in [9.17, 15) is 4.79 Å². The van der Waals surface area contributed by atoms with E-state index in [2.05, 4.69) is 21.8 Å². The summed E-state index contributed by atoms with van der Waals surface area (Å²) in [6.45, 7) is 2.76. The first-order valence-corrected chi connectivity index (χ1v) is 6.20. The smallest absolute Gasteiger partial charge is 0.264 e. The quantitative estimate of drug-likeness (QED) is 0.782. The summed E-state index contributed by atoms with van der Waals surface area (Å²) in [6, 6.07) is 0. The second-order valence-electron chi connectivity index (χ2n) is 3.24. The van der Waals surface area contributed by atoms with Gasteiger partial charge in [-0.05, 0) is 23.9 Å². The maximum atomic E-state index is 11.5. The van der Waals surface area contributed by atoms with Gasteiger partial charge in [-0.2, -0.15) is 0 Å². The predicted octanol–water partition coefficient (Wildman–Crippen LogP) is 1.92. The largest absolute Gasteiger partial charge is 0.351 e. The van der Waals surface area contributed by atoms with Gasteiger partial charge in [0.15, 0.2) is 0 Å². The molecule has 1 rings (SSSR count). The molecule has 1 aromatic heterocycles. The maximum absolute atomic E-state index is 11.5. The van der Waals surface area contributed by atoms with Crippen LogP contribution in [0.4, 0.5) is 0 Å². The van der Waals surface area contributed by atoms with Crippen LogP contribution in [0, 0.1) is 5.92 Å². The molecule has 0 aromatic carbocycles. The molecule has 0 saturated carbocycles. The Hall–Kier alpha value is -0.680. The normalized spacial score (nSPS) is 12.4. The monoisotopic (exact) mass is 247 g/mol. The van der Waals surface area contributed by atoms with E-state index < -0.39 is 0 Å². The molecule has 84 valence electrons. The van der Waals surface area contributed by atoms with Crippen LogP contribution in [0.5, 0.6) is 0 Å². The van der Waals surface area contributed by atoms with E-state index in [0.717, 1.165) is 24.4 Å². The molecular weight excluding hydrogens is 234 g/mol. The number of hydrogen-bond donors (Lipinski definition) is 1. The second kappa shape index (κ2) is 6.74. The molecule has 0 fully saturated rings. The fourth-order valence-electron chi connectivity index (χ4n) is 1.20. The number of carbonyl (C=O) groups is 1. The fourth-order valence-corrected chi connectivity index (χ4v) is 1.94. The first-order valence-electron chi connectivity index (χ1n) is 4.89. The van der Waals surface area contributed by atoms with E-state index in [0.29, 0.717) is 23.2 Å². The van der Waals surface area contributed by atoms with E-state index >= 15 is 0 Å². The number of rotatable bonds is 6. The Morgan fingerprint density at radius 3 is 3.07 bits per heavy atom. The zero-order valence-corrected chi connectivity index (χ0v) is 10.1. The third-order valence-electron chi connectivity index (χ3n) is 2.23. The summed E-state index contributed by atoms with van der Waals surface area (Å²) in [5.41, 5.74) is 0. The Labute approximate surface area is 98.2 Å². The average Bonchev–Trinajstić information content (AvgIpc) is 2.77. The van der Waals surface area contributed by atoms with Gasteiger partial charge in [-0.15, -0.1) is 16.7 Å². The van der Waals surface area contributed by atoms with Crippen molar-refractivity contribution >= 4 is 29.0 Å². The fraction of sp³-hybridized carbons (Fsp3) is 0.667. The van der Waals surface area contributed by atoms with Crippen LogP contribution in [0.15, 0.2) is 6.20 Å². The van der Waals surface area contributed by atoms with Crippen LogP contribution in [-0.2, 0) is 0 Å². The Morgan fingerprint density at radius 2 is 2.53 bits per heavy atom. The molecule has 0 radical (unpaired) electrons. The first-order chi connectivity index (χ1) is 7.27. The van der Waals surface area contributed by atoms with Gasteiger partial charge >= 0.3 is 0 Å². The summed E-state index contributed by atoms with van der Waals surface area (Å²) in [4.78, 5) is 12.1. The van der Waals surface area contributed by atoms with Gasteiger partial charge in [0.1, 0.15) is 4.88 Å². The molecule has 1 atom stereocenters. The number of nitrogens with one attached hydrogen (secondary N) is 1. The van der Waals surface area contributed by atoms with Crippen molar-refractivity contribution < 1.29 is 4.79 Å². The van der Waals surface area contributed by atoms with Gasteiger partial charge in [-0.3, -0.25) is 4.79 Å². The second-order valence-corrected chi connectivity index (χ2v) is 4.41. The summed E-state index contributed by atoms with van der Waals surface area (Å²) in [5.74, 6) is 0.988. The number of amides is 1. The van der Waals surface area contributed by atoms with Crippen LogP contribution in [0.2, 0.25) is 0 Å². The lowest BCUT2D eigenvalue weighted by atomic mass is 10.0. The van der Waals surface area contributed by atoms with Crippen molar-refractivity contribution in [2.45, 2.75) is 19.8 Å². The van der Waals surface area contributed by atoms with Crippen molar-refractivity contribution in [1.29, 1.82) is 0 Å². The van der Waals surface area contributed by atoms with Gasteiger partial charge in [0.25, 0.3) is 5.91 Å². The molecule has 1 aromatic rings. The molecule has 4 nitrogen and oxygen atoms in total. The lowest BCUT2D eigenvalue weighted by molar-refractivity contribution is 0.0950. The Kier molecular flexibility index (Phi) is 5.57. The van der Waals surface area contributed by atoms with Crippen LogP contribution >= 0.6 is 23.1 Å².